The molecule has 0 bridgehead atoms. The lowest BCUT2D eigenvalue weighted by molar-refractivity contribution is -0.139. The molecule has 2 amide bonds. The number of rotatable bonds is 11. The number of nitrogens with one attached hydrogen (secondary N) is 1. The molecule has 1 aromatic heterocycles. The molecule has 0 saturated carbocycles. The number of aryl methyl sites for hydroxylation is 1. The Labute approximate surface area is 210 Å². The highest BCUT2D eigenvalue weighted by Crippen LogP contribution is 2.33. The fourth-order valence-electron chi connectivity index (χ4n) is 4.17. The number of benzene rings is 1. The summed E-state index contributed by atoms with van der Waals surface area (Å²) in [5.74, 6) is -2.76. The summed E-state index contributed by atoms with van der Waals surface area (Å²) in [6.07, 6.45) is 1.35. The van der Waals surface area contributed by atoms with Crippen LogP contribution in [-0.2, 0) is 30.6 Å². The van der Waals surface area contributed by atoms with Crippen LogP contribution in [0.5, 0.6) is 0 Å². The summed E-state index contributed by atoms with van der Waals surface area (Å²) >= 11 is 0. The molecule has 196 valence electrons. The Morgan fingerprint density at radius 3 is 2.33 bits per heavy atom. The summed E-state index contributed by atoms with van der Waals surface area (Å²) < 4.78 is 36.2. The van der Waals surface area contributed by atoms with Gasteiger partial charge in [0.05, 0.1) is 30.4 Å². The molecule has 3 rings (SSSR count). The molecule has 0 aliphatic carbocycles. The van der Waals surface area contributed by atoms with Crippen molar-refractivity contribution in [1.29, 1.82) is 0 Å². The molecule has 3 atom stereocenters. The van der Waals surface area contributed by atoms with Crippen molar-refractivity contribution in [3.63, 3.8) is 0 Å². The van der Waals surface area contributed by atoms with Gasteiger partial charge in [-0.1, -0.05) is 49.3 Å². The van der Waals surface area contributed by atoms with Gasteiger partial charge in [-0.05, 0) is 12.0 Å². The Bertz CT molecular complexity index is 1160. The van der Waals surface area contributed by atoms with E-state index >= 15 is 0 Å². The zero-order valence-electron chi connectivity index (χ0n) is 20.7. The average Bonchev–Trinajstić information content (AvgIpc) is 3.36. The molecule has 12 heteroatoms. The van der Waals surface area contributed by atoms with Crippen LogP contribution >= 0.6 is 0 Å². The third kappa shape index (κ3) is 6.76. The maximum Gasteiger partial charge on any atom is 0.240 e. The number of Topliss-reactive ketones (excluding diaryl/α,β-unsaturated/α-hetero) is 1. The van der Waals surface area contributed by atoms with Gasteiger partial charge < -0.3 is 19.5 Å². The van der Waals surface area contributed by atoms with Crippen LogP contribution in [0.25, 0.3) is 0 Å². The summed E-state index contributed by atoms with van der Waals surface area (Å²) in [6.45, 7) is 4.95. The molecule has 2 aromatic rings. The molecule has 1 aromatic carbocycles. The topological polar surface area (TPSA) is 149 Å². The van der Waals surface area contributed by atoms with Gasteiger partial charge in [0.25, 0.3) is 0 Å². The van der Waals surface area contributed by atoms with Gasteiger partial charge in [0.15, 0.2) is 9.84 Å². The number of sulfone groups is 1. The Kier molecular flexibility index (Phi) is 9.32. The van der Waals surface area contributed by atoms with Crippen LogP contribution in [0.2, 0.25) is 0 Å². The first-order valence-electron chi connectivity index (χ1n) is 11.9. The number of morpholine rings is 1. The van der Waals surface area contributed by atoms with E-state index in [0.29, 0.717) is 38.3 Å². The number of hydrogen-bond acceptors (Lipinski definition) is 9. The van der Waals surface area contributed by atoms with Gasteiger partial charge in [-0.2, -0.15) is 4.98 Å². The van der Waals surface area contributed by atoms with E-state index in [0.717, 1.165) is 6.26 Å². The van der Waals surface area contributed by atoms with E-state index < -0.39 is 38.7 Å². The monoisotopic (exact) mass is 520 g/mol. The zero-order chi connectivity index (χ0) is 26.3. The van der Waals surface area contributed by atoms with E-state index in [1.807, 2.05) is 0 Å². The highest BCUT2D eigenvalue weighted by Gasteiger charge is 2.40. The maximum atomic E-state index is 13.6. The summed E-state index contributed by atoms with van der Waals surface area (Å²) in [5.41, 5.74) is 0.389. The Balaban J connectivity index is 1.92. The third-order valence-corrected chi connectivity index (χ3v) is 7.61. The number of ketones is 1. The van der Waals surface area contributed by atoms with Gasteiger partial charge in [-0.15, -0.1) is 0 Å². The van der Waals surface area contributed by atoms with Gasteiger partial charge in [0, 0.05) is 32.2 Å². The molecular weight excluding hydrogens is 488 g/mol. The highest BCUT2D eigenvalue weighted by atomic mass is 32.2. The zero-order valence-corrected chi connectivity index (χ0v) is 21.5. The summed E-state index contributed by atoms with van der Waals surface area (Å²) in [6, 6.07) is 7.28. The van der Waals surface area contributed by atoms with Crippen molar-refractivity contribution in [3.05, 3.63) is 47.6 Å². The summed E-state index contributed by atoms with van der Waals surface area (Å²) in [5, 5.41) is 5.05. The van der Waals surface area contributed by atoms with Crippen molar-refractivity contribution in [3.8, 4) is 0 Å². The fourth-order valence-corrected chi connectivity index (χ4v) is 5.64. The van der Waals surface area contributed by atoms with Gasteiger partial charge >= 0.3 is 0 Å². The molecule has 1 N–H and O–H groups in total. The van der Waals surface area contributed by atoms with Crippen LogP contribution in [0, 0.1) is 5.92 Å². The lowest BCUT2D eigenvalue weighted by atomic mass is 9.93. The number of aromatic nitrogens is 2. The van der Waals surface area contributed by atoms with Crippen LogP contribution in [0.1, 0.15) is 54.0 Å². The van der Waals surface area contributed by atoms with Crippen molar-refractivity contribution < 1.29 is 32.1 Å². The van der Waals surface area contributed by atoms with Crippen LogP contribution in [-0.4, -0.2) is 79.7 Å². The Morgan fingerprint density at radius 2 is 1.78 bits per heavy atom. The number of amides is 2. The van der Waals surface area contributed by atoms with Crippen LogP contribution in [0.4, 0.5) is 0 Å². The standard InChI is InChI=1S/C24H32N4O7S/c1-4-18(21(30)23-26-19(5-2)35-27-23)25-24(31)17(15-20(29)28-11-13-34-14-12-28)22(36(3,32)33)16-9-7-6-8-10-16/h6-10,17-18,22H,4-5,11-15H2,1-3H3,(H,25,31)/t17?,18-,22?/m0/s1. The number of carbonyl (C=O) groups is 3. The minimum absolute atomic E-state index is 0.164. The van der Waals surface area contributed by atoms with Gasteiger partial charge in [-0.3, -0.25) is 14.4 Å². The SMILES string of the molecule is CCc1nc(C(=O)[C@H](CC)NC(=O)C(CC(=O)N2CCOCC2)C(c2ccccc2)S(C)(=O)=O)no1. The van der Waals surface area contributed by atoms with Crippen molar-refractivity contribution in [1.82, 2.24) is 20.4 Å². The quantitative estimate of drug-likeness (QED) is 0.433. The van der Waals surface area contributed by atoms with Gasteiger partial charge in [0.1, 0.15) is 0 Å². The molecule has 11 nitrogen and oxygen atoms in total. The summed E-state index contributed by atoms with van der Waals surface area (Å²) in [4.78, 5) is 45.3. The number of carbonyl (C=O) groups excluding carboxylic acids is 3. The number of ether oxygens (including phenoxy) is 1. The molecule has 1 saturated heterocycles. The second-order valence-corrected chi connectivity index (χ2v) is 10.8. The average molecular weight is 521 g/mol. The number of hydrogen-bond donors (Lipinski definition) is 1. The van der Waals surface area contributed by atoms with Crippen molar-refractivity contribution in [2.45, 2.75) is 44.4 Å². The third-order valence-electron chi connectivity index (χ3n) is 6.08. The molecule has 2 heterocycles. The predicted molar refractivity (Wildman–Crippen MR) is 130 cm³/mol. The fraction of sp³-hybridized carbons (Fsp3) is 0.542. The van der Waals surface area contributed by atoms with Gasteiger partial charge in [-0.25, -0.2) is 8.42 Å². The smallest absolute Gasteiger partial charge is 0.240 e. The van der Waals surface area contributed by atoms with E-state index in [1.165, 1.54) is 0 Å². The van der Waals surface area contributed by atoms with Crippen molar-refractivity contribution in [2.24, 2.45) is 5.92 Å². The molecular formula is C24H32N4O7S. The second kappa shape index (κ2) is 12.2. The number of nitrogens with zero attached hydrogens (tertiary/aromatic N) is 3. The van der Waals surface area contributed by atoms with E-state index in [9.17, 15) is 22.8 Å². The lowest BCUT2D eigenvalue weighted by Crippen LogP contribution is -2.48. The van der Waals surface area contributed by atoms with Crippen LogP contribution in [0.15, 0.2) is 34.9 Å². The lowest BCUT2D eigenvalue weighted by Gasteiger charge is -2.31. The van der Waals surface area contributed by atoms with Crippen LogP contribution < -0.4 is 5.32 Å². The van der Waals surface area contributed by atoms with Gasteiger partial charge in [0.2, 0.25) is 29.3 Å². The van der Waals surface area contributed by atoms with E-state index in [1.54, 1.807) is 49.1 Å². The molecule has 1 aliphatic rings. The largest absolute Gasteiger partial charge is 0.378 e. The highest BCUT2D eigenvalue weighted by molar-refractivity contribution is 7.91. The van der Waals surface area contributed by atoms with Crippen LogP contribution in [0.3, 0.4) is 0 Å². The van der Waals surface area contributed by atoms with Crippen molar-refractivity contribution >= 4 is 27.4 Å². The first-order chi connectivity index (χ1) is 17.2. The predicted octanol–water partition coefficient (Wildman–Crippen LogP) is 1.36. The Morgan fingerprint density at radius 1 is 1.11 bits per heavy atom. The molecule has 2 unspecified atom stereocenters. The molecule has 0 spiro atoms. The molecule has 1 fully saturated rings. The molecule has 0 radical (unpaired) electrons. The first-order valence-corrected chi connectivity index (χ1v) is 13.9. The first kappa shape index (κ1) is 27.5. The molecule has 1 aliphatic heterocycles. The summed E-state index contributed by atoms with van der Waals surface area (Å²) in [7, 11) is -3.83. The van der Waals surface area contributed by atoms with Crippen molar-refractivity contribution in [2.75, 3.05) is 32.6 Å². The van der Waals surface area contributed by atoms with E-state index in [4.69, 9.17) is 9.26 Å². The maximum absolute atomic E-state index is 13.6. The normalized spacial score (nSPS) is 16.7. The minimum atomic E-state index is -3.83. The minimum Gasteiger partial charge on any atom is -0.378 e. The molecule has 36 heavy (non-hydrogen) atoms. The second-order valence-electron chi connectivity index (χ2n) is 8.66. The Hall–Kier alpha value is -3.12. The van der Waals surface area contributed by atoms with E-state index in [2.05, 4.69) is 15.5 Å². The van der Waals surface area contributed by atoms with E-state index in [-0.39, 0.29) is 30.5 Å².